The summed E-state index contributed by atoms with van der Waals surface area (Å²) in [4.78, 5) is 23.3. The molecule has 1 fully saturated rings. The number of piperidine rings is 1. The lowest BCUT2D eigenvalue weighted by Crippen LogP contribution is -2.46. The Balaban J connectivity index is 1.61. The van der Waals surface area contributed by atoms with Crippen LogP contribution < -0.4 is 5.32 Å². The van der Waals surface area contributed by atoms with Crippen LogP contribution in [0.4, 0.5) is 5.13 Å². The monoisotopic (exact) mass is 348 g/mol. The van der Waals surface area contributed by atoms with Gasteiger partial charge in [-0.05, 0) is 40.2 Å². The van der Waals surface area contributed by atoms with Gasteiger partial charge in [0.25, 0.3) is 0 Å². The first-order valence-electron chi connectivity index (χ1n) is 8.35. The molecule has 130 valence electrons. The molecule has 0 saturated carbocycles. The molecule has 3 rings (SSSR count). The number of hydrogen-bond acceptors (Lipinski definition) is 6. The van der Waals surface area contributed by atoms with Crippen molar-refractivity contribution in [2.75, 3.05) is 18.4 Å². The van der Waals surface area contributed by atoms with Crippen LogP contribution in [0.3, 0.4) is 0 Å². The second kappa shape index (κ2) is 7.40. The normalized spacial score (nSPS) is 18.7. The van der Waals surface area contributed by atoms with E-state index >= 15 is 0 Å². The summed E-state index contributed by atoms with van der Waals surface area (Å²) in [6.07, 6.45) is 3.42. The van der Waals surface area contributed by atoms with Crippen LogP contribution in [0.25, 0.3) is 0 Å². The number of aryl methyl sites for hydroxylation is 3. The molecule has 1 atom stereocenters. The maximum absolute atomic E-state index is 12.3. The fraction of sp³-hybridized carbons (Fsp3) is 0.625. The summed E-state index contributed by atoms with van der Waals surface area (Å²) in [6.45, 7) is 7.94. The van der Waals surface area contributed by atoms with Gasteiger partial charge in [-0.25, -0.2) is 14.6 Å². The smallest absolute Gasteiger partial charge is 0.240 e. The Hall–Kier alpha value is -1.80. The van der Waals surface area contributed by atoms with Gasteiger partial charge in [0.05, 0.1) is 18.8 Å². The van der Waals surface area contributed by atoms with Gasteiger partial charge in [-0.15, -0.1) is 11.3 Å². The molecule has 8 heteroatoms. The number of carbonyl (C=O) groups excluding carboxylic acids is 1. The molecule has 0 aromatic carbocycles. The Morgan fingerprint density at radius 1 is 1.33 bits per heavy atom. The first kappa shape index (κ1) is 17.0. The van der Waals surface area contributed by atoms with Gasteiger partial charge in [0.1, 0.15) is 11.6 Å². The lowest BCUT2D eigenvalue weighted by atomic mass is 10.0. The summed E-state index contributed by atoms with van der Waals surface area (Å²) in [5.41, 5.74) is 0.933. The van der Waals surface area contributed by atoms with E-state index in [1.165, 1.54) is 17.8 Å². The molecule has 0 radical (unpaired) electrons. The lowest BCUT2D eigenvalue weighted by Gasteiger charge is -2.35. The van der Waals surface area contributed by atoms with Crippen molar-refractivity contribution in [1.82, 2.24) is 24.6 Å². The standard InChI is InChI=1S/C16H24N6OS/c1-11-10-24-16(17-11)19-15(23)9-21-7-5-4-6-14(21)8-22-13(3)18-12(2)20-22/h10,14H,4-9H2,1-3H3,(H,17,19,23). The largest absolute Gasteiger partial charge is 0.301 e. The quantitative estimate of drug-likeness (QED) is 0.896. The number of nitrogens with zero attached hydrogens (tertiary/aromatic N) is 5. The van der Waals surface area contributed by atoms with Gasteiger partial charge in [0, 0.05) is 11.4 Å². The Morgan fingerprint density at radius 2 is 2.17 bits per heavy atom. The average Bonchev–Trinajstić information content (AvgIpc) is 3.06. The van der Waals surface area contributed by atoms with E-state index < -0.39 is 0 Å². The third kappa shape index (κ3) is 4.18. The van der Waals surface area contributed by atoms with Crippen LogP contribution in [-0.2, 0) is 11.3 Å². The summed E-state index contributed by atoms with van der Waals surface area (Å²) < 4.78 is 1.96. The van der Waals surface area contributed by atoms with Crippen molar-refractivity contribution >= 4 is 22.4 Å². The van der Waals surface area contributed by atoms with Gasteiger partial charge >= 0.3 is 0 Å². The number of nitrogens with one attached hydrogen (secondary N) is 1. The molecule has 2 aromatic rings. The topological polar surface area (TPSA) is 75.9 Å². The maximum atomic E-state index is 12.3. The van der Waals surface area contributed by atoms with Gasteiger partial charge in [0.15, 0.2) is 5.13 Å². The Morgan fingerprint density at radius 3 is 2.83 bits per heavy atom. The van der Waals surface area contributed by atoms with Crippen molar-refractivity contribution in [1.29, 1.82) is 0 Å². The van der Waals surface area contributed by atoms with Crippen molar-refractivity contribution in [3.63, 3.8) is 0 Å². The van der Waals surface area contributed by atoms with Gasteiger partial charge in [-0.3, -0.25) is 9.69 Å². The number of anilines is 1. The number of thiazole rings is 1. The van der Waals surface area contributed by atoms with Crippen molar-refractivity contribution < 1.29 is 4.79 Å². The van der Waals surface area contributed by atoms with Crippen LogP contribution in [0.2, 0.25) is 0 Å². The summed E-state index contributed by atoms with van der Waals surface area (Å²) >= 11 is 1.46. The number of rotatable bonds is 5. The number of likely N-dealkylation sites (tertiary alicyclic amines) is 1. The van der Waals surface area contributed by atoms with E-state index in [2.05, 4.69) is 25.3 Å². The van der Waals surface area contributed by atoms with Crippen LogP contribution in [0.5, 0.6) is 0 Å². The molecule has 1 N–H and O–H groups in total. The number of carbonyl (C=O) groups is 1. The van der Waals surface area contributed by atoms with Crippen molar-refractivity contribution in [3.05, 3.63) is 22.7 Å². The number of aromatic nitrogens is 4. The predicted molar refractivity (Wildman–Crippen MR) is 94.2 cm³/mol. The highest BCUT2D eigenvalue weighted by Gasteiger charge is 2.25. The summed E-state index contributed by atoms with van der Waals surface area (Å²) in [7, 11) is 0. The minimum atomic E-state index is 0.00254. The third-order valence-electron chi connectivity index (χ3n) is 4.31. The number of amides is 1. The summed E-state index contributed by atoms with van der Waals surface area (Å²) in [6, 6.07) is 0.322. The SMILES string of the molecule is Cc1csc(NC(=O)CN2CCCCC2Cn2nc(C)nc2C)n1. The van der Waals surface area contributed by atoms with Crippen LogP contribution in [-0.4, -0.2) is 49.7 Å². The van der Waals surface area contributed by atoms with Gasteiger partial charge < -0.3 is 5.32 Å². The first-order valence-corrected chi connectivity index (χ1v) is 9.23. The van der Waals surface area contributed by atoms with E-state index in [0.717, 1.165) is 43.3 Å². The van der Waals surface area contributed by atoms with Crippen LogP contribution in [0, 0.1) is 20.8 Å². The van der Waals surface area contributed by atoms with E-state index in [1.807, 2.05) is 30.8 Å². The van der Waals surface area contributed by atoms with E-state index in [-0.39, 0.29) is 5.91 Å². The molecule has 3 heterocycles. The molecular formula is C16H24N6OS. The van der Waals surface area contributed by atoms with Crippen molar-refractivity contribution in [3.8, 4) is 0 Å². The minimum absolute atomic E-state index is 0.00254. The molecule has 1 unspecified atom stereocenters. The zero-order valence-electron chi connectivity index (χ0n) is 14.4. The average molecular weight is 348 g/mol. The second-order valence-corrected chi connectivity index (χ2v) is 7.21. The molecule has 7 nitrogen and oxygen atoms in total. The van der Waals surface area contributed by atoms with Crippen LogP contribution in [0.1, 0.15) is 36.6 Å². The third-order valence-corrected chi connectivity index (χ3v) is 5.18. The zero-order chi connectivity index (χ0) is 17.1. The zero-order valence-corrected chi connectivity index (χ0v) is 15.3. The van der Waals surface area contributed by atoms with E-state index in [1.54, 1.807) is 0 Å². The van der Waals surface area contributed by atoms with Crippen LogP contribution >= 0.6 is 11.3 Å². The molecule has 2 aromatic heterocycles. The molecule has 1 aliphatic rings. The Kier molecular flexibility index (Phi) is 5.25. The lowest BCUT2D eigenvalue weighted by molar-refractivity contribution is -0.118. The molecular weight excluding hydrogens is 324 g/mol. The number of hydrogen-bond donors (Lipinski definition) is 1. The van der Waals surface area contributed by atoms with Gasteiger partial charge in [-0.1, -0.05) is 6.42 Å². The fourth-order valence-electron chi connectivity index (χ4n) is 3.16. The fourth-order valence-corrected chi connectivity index (χ4v) is 3.87. The molecule has 24 heavy (non-hydrogen) atoms. The minimum Gasteiger partial charge on any atom is -0.301 e. The highest BCUT2D eigenvalue weighted by molar-refractivity contribution is 7.13. The van der Waals surface area contributed by atoms with E-state index in [0.29, 0.717) is 17.7 Å². The summed E-state index contributed by atoms with van der Waals surface area (Å²) in [5.74, 6) is 1.73. The van der Waals surface area contributed by atoms with E-state index in [9.17, 15) is 4.79 Å². The molecule has 1 amide bonds. The molecule has 0 bridgehead atoms. The highest BCUT2D eigenvalue weighted by Crippen LogP contribution is 2.19. The van der Waals surface area contributed by atoms with Crippen LogP contribution in [0.15, 0.2) is 5.38 Å². The summed E-state index contributed by atoms with van der Waals surface area (Å²) in [5, 5.41) is 9.97. The molecule has 0 spiro atoms. The molecule has 0 aliphatic carbocycles. The highest BCUT2D eigenvalue weighted by atomic mass is 32.1. The molecule has 1 saturated heterocycles. The predicted octanol–water partition coefficient (Wildman–Crippen LogP) is 2.15. The Labute approximate surface area is 146 Å². The molecule has 1 aliphatic heterocycles. The van der Waals surface area contributed by atoms with Gasteiger partial charge in [0.2, 0.25) is 5.91 Å². The Bertz CT molecular complexity index is 709. The van der Waals surface area contributed by atoms with Crippen molar-refractivity contribution in [2.45, 2.75) is 52.6 Å². The van der Waals surface area contributed by atoms with Gasteiger partial charge in [-0.2, -0.15) is 5.10 Å². The second-order valence-electron chi connectivity index (χ2n) is 6.35. The maximum Gasteiger partial charge on any atom is 0.240 e. The van der Waals surface area contributed by atoms with E-state index in [4.69, 9.17) is 0 Å². The first-order chi connectivity index (χ1) is 11.5. The van der Waals surface area contributed by atoms with Crippen molar-refractivity contribution in [2.24, 2.45) is 0 Å².